The van der Waals surface area contributed by atoms with Crippen molar-refractivity contribution in [3.63, 3.8) is 0 Å². The zero-order valence-corrected chi connectivity index (χ0v) is 15.8. The van der Waals surface area contributed by atoms with Gasteiger partial charge in [-0.1, -0.05) is 18.2 Å². The Kier molecular flexibility index (Phi) is 3.51. The third-order valence-corrected chi connectivity index (χ3v) is 7.71. The molecule has 5 aliphatic rings. The summed E-state index contributed by atoms with van der Waals surface area (Å²) >= 11 is 0. The number of carbonyl (C=O) groups is 1. The summed E-state index contributed by atoms with van der Waals surface area (Å²) in [4.78, 5) is 15.9. The van der Waals surface area contributed by atoms with Crippen molar-refractivity contribution in [1.82, 2.24) is 14.7 Å². The number of hydrogen-bond donors (Lipinski definition) is 0. The van der Waals surface area contributed by atoms with E-state index in [0.29, 0.717) is 6.04 Å². The summed E-state index contributed by atoms with van der Waals surface area (Å²) in [6.07, 6.45) is 10.7. The minimum Gasteiger partial charge on any atom is -0.335 e. The van der Waals surface area contributed by atoms with Gasteiger partial charge in [0, 0.05) is 12.6 Å². The predicted molar refractivity (Wildman–Crippen MR) is 104 cm³/mol. The largest absolute Gasteiger partial charge is 0.335 e. The van der Waals surface area contributed by atoms with E-state index in [-0.39, 0.29) is 5.91 Å². The molecule has 4 aliphatic carbocycles. The highest BCUT2D eigenvalue weighted by atomic mass is 16.2. The maximum Gasteiger partial charge on any atom is 0.257 e. The fourth-order valence-electron chi connectivity index (χ4n) is 6.95. The molecule has 0 spiro atoms. The van der Waals surface area contributed by atoms with Crippen LogP contribution in [-0.2, 0) is 6.42 Å². The summed E-state index contributed by atoms with van der Waals surface area (Å²) in [6.45, 7) is 0.912. The van der Waals surface area contributed by atoms with Gasteiger partial charge in [-0.3, -0.25) is 4.79 Å². The van der Waals surface area contributed by atoms with Gasteiger partial charge in [-0.25, -0.2) is 4.68 Å². The van der Waals surface area contributed by atoms with E-state index in [1.165, 1.54) is 32.1 Å². The molecule has 1 aromatic carbocycles. The third kappa shape index (κ3) is 2.41. The lowest BCUT2D eigenvalue weighted by molar-refractivity contribution is -0.0553. The maximum atomic E-state index is 13.6. The lowest BCUT2D eigenvalue weighted by atomic mass is 9.54. The molecule has 1 aliphatic heterocycles. The first-order valence-corrected chi connectivity index (χ1v) is 10.7. The van der Waals surface area contributed by atoms with Crippen molar-refractivity contribution in [2.24, 2.45) is 23.7 Å². The Morgan fingerprint density at radius 2 is 1.63 bits per heavy atom. The van der Waals surface area contributed by atoms with Gasteiger partial charge in [-0.15, -0.1) is 0 Å². The Hall–Kier alpha value is -2.10. The van der Waals surface area contributed by atoms with E-state index >= 15 is 0 Å². The van der Waals surface area contributed by atoms with Crippen LogP contribution < -0.4 is 0 Å². The van der Waals surface area contributed by atoms with Crippen LogP contribution in [0, 0.1) is 23.7 Å². The molecule has 0 radical (unpaired) electrons. The van der Waals surface area contributed by atoms with E-state index in [0.717, 1.165) is 60.0 Å². The summed E-state index contributed by atoms with van der Waals surface area (Å²) < 4.78 is 1.98. The van der Waals surface area contributed by atoms with Crippen LogP contribution in [-0.4, -0.2) is 33.2 Å². The van der Waals surface area contributed by atoms with Crippen LogP contribution in [0.25, 0.3) is 5.69 Å². The SMILES string of the molecule is O=C1c2cnn(-c3ccccc3)c2CCCN1C1C2CC3CC(C2)CC1C3. The standard InChI is InChI=1S/C23H27N3O/c27-23-20-14-24-26(19-5-2-1-3-6-19)21(20)7-4-8-25(23)22-17-10-15-9-16(12-17)13-18(22)11-15/h1-3,5-6,14-18,22H,4,7-13H2. The van der Waals surface area contributed by atoms with Crippen LogP contribution in [0.4, 0.5) is 0 Å². The molecule has 4 fully saturated rings. The van der Waals surface area contributed by atoms with Crippen LogP contribution in [0.2, 0.25) is 0 Å². The van der Waals surface area contributed by atoms with Crippen molar-refractivity contribution in [3.8, 4) is 5.69 Å². The molecule has 2 aromatic rings. The van der Waals surface area contributed by atoms with Crippen molar-refractivity contribution < 1.29 is 4.79 Å². The highest BCUT2D eigenvalue weighted by molar-refractivity contribution is 5.96. The lowest BCUT2D eigenvalue weighted by Crippen LogP contribution is -2.57. The Balaban J connectivity index is 1.35. The number of nitrogens with zero attached hydrogens (tertiary/aromatic N) is 3. The maximum absolute atomic E-state index is 13.6. The number of carbonyl (C=O) groups excluding carboxylic acids is 1. The summed E-state index contributed by atoms with van der Waals surface area (Å²) in [7, 11) is 0. The number of benzene rings is 1. The van der Waals surface area contributed by atoms with E-state index in [9.17, 15) is 4.79 Å². The van der Waals surface area contributed by atoms with Gasteiger partial charge in [0.15, 0.2) is 0 Å². The van der Waals surface area contributed by atoms with E-state index in [1.807, 2.05) is 29.1 Å². The number of hydrogen-bond acceptors (Lipinski definition) is 2. The second kappa shape index (κ2) is 5.95. The summed E-state index contributed by atoms with van der Waals surface area (Å²) in [5.41, 5.74) is 2.98. The van der Waals surface area contributed by atoms with E-state index in [4.69, 9.17) is 0 Å². The van der Waals surface area contributed by atoms with E-state index in [2.05, 4.69) is 22.1 Å². The first-order chi connectivity index (χ1) is 13.3. The summed E-state index contributed by atoms with van der Waals surface area (Å²) in [5, 5.41) is 4.60. The van der Waals surface area contributed by atoms with Gasteiger partial charge in [0.1, 0.15) is 0 Å². The average molecular weight is 361 g/mol. The van der Waals surface area contributed by atoms with Crippen LogP contribution in [0.5, 0.6) is 0 Å². The molecule has 4 saturated carbocycles. The average Bonchev–Trinajstić information content (AvgIpc) is 3.03. The topological polar surface area (TPSA) is 38.1 Å². The van der Waals surface area contributed by atoms with E-state index in [1.54, 1.807) is 0 Å². The molecule has 0 atom stereocenters. The molecule has 2 heterocycles. The monoisotopic (exact) mass is 361 g/mol. The summed E-state index contributed by atoms with van der Waals surface area (Å²) in [6, 6.07) is 10.7. The van der Waals surface area contributed by atoms with Gasteiger partial charge in [-0.05, 0) is 80.8 Å². The van der Waals surface area contributed by atoms with Gasteiger partial charge in [-0.2, -0.15) is 5.10 Å². The summed E-state index contributed by atoms with van der Waals surface area (Å²) in [5.74, 6) is 3.62. The Labute approximate surface area is 160 Å². The number of rotatable bonds is 2. The minimum atomic E-state index is 0.238. The van der Waals surface area contributed by atoms with Crippen molar-refractivity contribution in [1.29, 1.82) is 0 Å². The third-order valence-electron chi connectivity index (χ3n) is 7.71. The van der Waals surface area contributed by atoms with Crippen LogP contribution >= 0.6 is 0 Å². The van der Waals surface area contributed by atoms with Crippen molar-refractivity contribution in [2.75, 3.05) is 6.54 Å². The molecule has 0 saturated heterocycles. The molecule has 4 nitrogen and oxygen atoms in total. The molecule has 7 rings (SSSR count). The zero-order chi connectivity index (χ0) is 18.0. The lowest BCUT2D eigenvalue weighted by Gasteiger charge is -2.57. The molecular formula is C23H27N3O. The highest BCUT2D eigenvalue weighted by Gasteiger charge is 2.51. The van der Waals surface area contributed by atoms with Crippen molar-refractivity contribution >= 4 is 5.91 Å². The molecule has 4 bridgehead atoms. The van der Waals surface area contributed by atoms with Crippen LogP contribution in [0.15, 0.2) is 36.5 Å². The number of aromatic nitrogens is 2. The number of para-hydroxylation sites is 1. The highest BCUT2D eigenvalue weighted by Crippen LogP contribution is 2.55. The van der Waals surface area contributed by atoms with Gasteiger partial charge in [0.05, 0.1) is 23.1 Å². The first-order valence-electron chi connectivity index (χ1n) is 10.7. The molecule has 1 amide bonds. The molecule has 27 heavy (non-hydrogen) atoms. The molecule has 4 heteroatoms. The predicted octanol–water partition coefficient (Wildman–Crippen LogP) is 4.09. The number of fused-ring (bicyclic) bond motifs is 1. The van der Waals surface area contributed by atoms with Crippen LogP contribution in [0.1, 0.15) is 54.6 Å². The fraction of sp³-hybridized carbons (Fsp3) is 0.565. The smallest absolute Gasteiger partial charge is 0.257 e. The minimum absolute atomic E-state index is 0.238. The van der Waals surface area contributed by atoms with Crippen molar-refractivity contribution in [3.05, 3.63) is 47.8 Å². The fourth-order valence-corrected chi connectivity index (χ4v) is 6.95. The van der Waals surface area contributed by atoms with Gasteiger partial charge >= 0.3 is 0 Å². The molecule has 1 aromatic heterocycles. The zero-order valence-electron chi connectivity index (χ0n) is 15.8. The normalized spacial score (nSPS) is 34.6. The second-order valence-electron chi connectivity index (χ2n) is 9.28. The Morgan fingerprint density at radius 3 is 2.33 bits per heavy atom. The Morgan fingerprint density at radius 1 is 0.926 bits per heavy atom. The molecule has 140 valence electrons. The molecule has 0 N–H and O–H groups in total. The van der Waals surface area contributed by atoms with E-state index < -0.39 is 0 Å². The van der Waals surface area contributed by atoms with Gasteiger partial charge in [0.2, 0.25) is 0 Å². The Bertz CT molecular complexity index is 843. The van der Waals surface area contributed by atoms with Crippen LogP contribution in [0.3, 0.4) is 0 Å². The van der Waals surface area contributed by atoms with Gasteiger partial charge < -0.3 is 4.90 Å². The molecular weight excluding hydrogens is 334 g/mol. The van der Waals surface area contributed by atoms with Gasteiger partial charge in [0.25, 0.3) is 5.91 Å². The number of amides is 1. The quantitative estimate of drug-likeness (QED) is 0.808. The second-order valence-corrected chi connectivity index (χ2v) is 9.28. The first kappa shape index (κ1) is 15.9. The molecule has 0 unspecified atom stereocenters. The van der Waals surface area contributed by atoms with Crippen molar-refractivity contribution in [2.45, 2.75) is 51.0 Å².